The van der Waals surface area contributed by atoms with Gasteiger partial charge in [-0.1, -0.05) is 22.0 Å². The molecule has 1 N–H and O–H groups in total. The number of rotatable bonds is 2. The molecule has 1 amide bonds. The van der Waals surface area contributed by atoms with Gasteiger partial charge in [-0.2, -0.15) is 0 Å². The highest BCUT2D eigenvalue weighted by atomic mass is 79.9. The van der Waals surface area contributed by atoms with Gasteiger partial charge in [0.15, 0.2) is 0 Å². The van der Waals surface area contributed by atoms with Gasteiger partial charge in [-0.25, -0.2) is 0 Å². The van der Waals surface area contributed by atoms with Crippen molar-refractivity contribution in [2.24, 2.45) is 0 Å². The Kier molecular flexibility index (Phi) is 3.89. The first kappa shape index (κ1) is 13.1. The lowest BCUT2D eigenvalue weighted by atomic mass is 9.95. The number of benzene rings is 1. The molecule has 0 atom stereocenters. The van der Waals surface area contributed by atoms with Crippen molar-refractivity contribution < 1.29 is 9.53 Å². The molecule has 0 saturated heterocycles. The van der Waals surface area contributed by atoms with Crippen LogP contribution in [0.25, 0.3) is 0 Å². The van der Waals surface area contributed by atoms with Gasteiger partial charge in [0, 0.05) is 16.4 Å². The average molecular weight is 324 g/mol. The minimum absolute atomic E-state index is 0.0488. The molecule has 4 heteroatoms. The topological polar surface area (TPSA) is 38.3 Å². The number of fused-ring (bicyclic) bond motifs is 1. The van der Waals surface area contributed by atoms with E-state index in [2.05, 4.69) is 21.2 Å². The summed E-state index contributed by atoms with van der Waals surface area (Å²) in [6, 6.07) is 6.20. The Morgan fingerprint density at radius 1 is 1.16 bits per heavy atom. The normalized spacial score (nSPS) is 25.9. The number of hydrogen-bond acceptors (Lipinski definition) is 2. The Morgan fingerprint density at radius 3 is 2.68 bits per heavy atom. The van der Waals surface area contributed by atoms with Crippen LogP contribution in [0.15, 0.2) is 18.2 Å². The van der Waals surface area contributed by atoms with E-state index >= 15 is 0 Å². The number of amides is 1. The fraction of sp³-hybridized carbons (Fsp3) is 0.533. The summed E-state index contributed by atoms with van der Waals surface area (Å²) in [4.78, 5) is 12.9. The molecule has 0 unspecified atom stereocenters. The van der Waals surface area contributed by atoms with Crippen molar-refractivity contribution in [3.63, 3.8) is 0 Å². The van der Waals surface area contributed by atoms with E-state index in [9.17, 15) is 4.79 Å². The van der Waals surface area contributed by atoms with Crippen LogP contribution in [0.1, 0.15) is 47.2 Å². The van der Waals surface area contributed by atoms with Gasteiger partial charge in [-0.05, 0) is 48.9 Å². The van der Waals surface area contributed by atoms with Crippen LogP contribution >= 0.6 is 15.9 Å². The molecule has 0 aromatic heterocycles. The second-order valence-electron chi connectivity index (χ2n) is 5.40. The van der Waals surface area contributed by atoms with Crippen LogP contribution in [0.4, 0.5) is 0 Å². The maximum absolute atomic E-state index is 12.2. The second kappa shape index (κ2) is 5.63. The molecule has 102 valence electrons. The van der Waals surface area contributed by atoms with Gasteiger partial charge >= 0.3 is 0 Å². The van der Waals surface area contributed by atoms with E-state index < -0.39 is 0 Å². The standard InChI is InChI=1S/C15H18BrNO2/c16-13-3-5-14(6-4-13)17-15(18)10-1-2-11-8-19-9-12(11)7-10/h1-2,7,13-14H,3-6,8-9H2,(H,17,18). The summed E-state index contributed by atoms with van der Waals surface area (Å²) in [5.41, 5.74) is 3.11. The van der Waals surface area contributed by atoms with Crippen LogP contribution in [-0.2, 0) is 18.0 Å². The molecule has 3 nitrogen and oxygen atoms in total. The van der Waals surface area contributed by atoms with Crippen LogP contribution in [0, 0.1) is 0 Å². The Morgan fingerprint density at radius 2 is 1.89 bits per heavy atom. The molecule has 0 spiro atoms. The zero-order valence-electron chi connectivity index (χ0n) is 10.8. The van der Waals surface area contributed by atoms with Gasteiger partial charge in [0.25, 0.3) is 5.91 Å². The predicted octanol–water partition coefficient (Wildman–Crippen LogP) is 3.15. The van der Waals surface area contributed by atoms with Crippen LogP contribution < -0.4 is 5.32 Å². The third-order valence-corrected chi connectivity index (χ3v) is 4.89. The molecule has 1 aliphatic heterocycles. The Bertz CT molecular complexity index is 481. The third-order valence-electron chi connectivity index (χ3n) is 3.98. The number of halogens is 1. The van der Waals surface area contributed by atoms with Crippen molar-refractivity contribution in [1.29, 1.82) is 0 Å². The first-order valence-electron chi connectivity index (χ1n) is 6.87. The Hall–Kier alpha value is -0.870. The molecule has 1 heterocycles. The minimum Gasteiger partial charge on any atom is -0.372 e. The fourth-order valence-electron chi connectivity index (χ4n) is 2.78. The summed E-state index contributed by atoms with van der Waals surface area (Å²) < 4.78 is 5.37. The van der Waals surface area contributed by atoms with Gasteiger partial charge in [-0.3, -0.25) is 4.79 Å². The highest BCUT2D eigenvalue weighted by Gasteiger charge is 2.21. The van der Waals surface area contributed by atoms with E-state index in [1.54, 1.807) is 0 Å². The molecular formula is C15H18BrNO2. The first-order valence-corrected chi connectivity index (χ1v) is 7.78. The lowest BCUT2D eigenvalue weighted by Crippen LogP contribution is -2.37. The van der Waals surface area contributed by atoms with E-state index in [-0.39, 0.29) is 5.91 Å². The minimum atomic E-state index is 0.0488. The van der Waals surface area contributed by atoms with Crippen LogP contribution in [-0.4, -0.2) is 16.8 Å². The highest BCUT2D eigenvalue weighted by molar-refractivity contribution is 9.09. The summed E-state index contributed by atoms with van der Waals surface area (Å²) in [6.45, 7) is 1.30. The number of alkyl halides is 1. The molecule has 1 aromatic carbocycles. The van der Waals surface area contributed by atoms with Crippen LogP contribution in [0.5, 0.6) is 0 Å². The monoisotopic (exact) mass is 323 g/mol. The lowest BCUT2D eigenvalue weighted by molar-refractivity contribution is 0.0928. The van der Waals surface area contributed by atoms with Crippen LogP contribution in [0.2, 0.25) is 0 Å². The van der Waals surface area contributed by atoms with Crippen molar-refractivity contribution in [2.45, 2.75) is 49.8 Å². The molecule has 1 fully saturated rings. The van der Waals surface area contributed by atoms with Crippen LogP contribution in [0.3, 0.4) is 0 Å². The van der Waals surface area contributed by atoms with Crippen molar-refractivity contribution in [3.05, 3.63) is 34.9 Å². The van der Waals surface area contributed by atoms with Gasteiger partial charge in [0.2, 0.25) is 0 Å². The Balaban J connectivity index is 1.64. The molecule has 3 rings (SSSR count). The van der Waals surface area contributed by atoms with Gasteiger partial charge in [0.05, 0.1) is 13.2 Å². The molecule has 0 bridgehead atoms. The number of nitrogens with one attached hydrogen (secondary N) is 1. The fourth-order valence-corrected chi connectivity index (χ4v) is 3.31. The number of hydrogen-bond donors (Lipinski definition) is 1. The summed E-state index contributed by atoms with van der Waals surface area (Å²) in [6.07, 6.45) is 4.41. The van der Waals surface area contributed by atoms with E-state index in [4.69, 9.17) is 4.74 Å². The zero-order valence-corrected chi connectivity index (χ0v) is 12.4. The molecular weight excluding hydrogens is 306 g/mol. The number of ether oxygens (including phenoxy) is 1. The zero-order chi connectivity index (χ0) is 13.2. The van der Waals surface area contributed by atoms with E-state index in [1.807, 2.05) is 18.2 Å². The van der Waals surface area contributed by atoms with E-state index in [1.165, 1.54) is 5.56 Å². The first-order chi connectivity index (χ1) is 9.22. The lowest BCUT2D eigenvalue weighted by Gasteiger charge is -2.26. The molecule has 0 radical (unpaired) electrons. The molecule has 2 aliphatic rings. The SMILES string of the molecule is O=C(NC1CCC(Br)CC1)c1ccc2c(c1)COC2. The van der Waals surface area contributed by atoms with Gasteiger partial charge < -0.3 is 10.1 Å². The highest BCUT2D eigenvalue weighted by Crippen LogP contribution is 2.25. The average Bonchev–Trinajstić information content (AvgIpc) is 2.88. The van der Waals surface area contributed by atoms with E-state index in [0.29, 0.717) is 24.1 Å². The third kappa shape index (κ3) is 3.00. The largest absolute Gasteiger partial charge is 0.372 e. The number of carbonyl (C=O) groups is 1. The van der Waals surface area contributed by atoms with Crippen molar-refractivity contribution >= 4 is 21.8 Å². The van der Waals surface area contributed by atoms with Gasteiger partial charge in [0.1, 0.15) is 0 Å². The molecule has 1 saturated carbocycles. The summed E-state index contributed by atoms with van der Waals surface area (Å²) >= 11 is 3.63. The second-order valence-corrected chi connectivity index (χ2v) is 6.69. The summed E-state index contributed by atoms with van der Waals surface area (Å²) in [7, 11) is 0. The van der Waals surface area contributed by atoms with Crippen molar-refractivity contribution in [1.82, 2.24) is 5.32 Å². The maximum atomic E-state index is 12.2. The summed E-state index contributed by atoms with van der Waals surface area (Å²) in [5, 5.41) is 3.15. The molecule has 1 aliphatic carbocycles. The number of carbonyl (C=O) groups excluding carboxylic acids is 1. The van der Waals surface area contributed by atoms with E-state index in [0.717, 1.165) is 36.8 Å². The smallest absolute Gasteiger partial charge is 0.251 e. The molecule has 1 aromatic rings. The van der Waals surface area contributed by atoms with Crippen molar-refractivity contribution in [2.75, 3.05) is 0 Å². The maximum Gasteiger partial charge on any atom is 0.251 e. The Labute approximate surface area is 121 Å². The quantitative estimate of drug-likeness (QED) is 0.849. The molecule has 19 heavy (non-hydrogen) atoms. The van der Waals surface area contributed by atoms with Gasteiger partial charge in [-0.15, -0.1) is 0 Å². The predicted molar refractivity (Wildman–Crippen MR) is 77.4 cm³/mol. The summed E-state index contributed by atoms with van der Waals surface area (Å²) in [5.74, 6) is 0.0488. The van der Waals surface area contributed by atoms with Crippen molar-refractivity contribution in [3.8, 4) is 0 Å².